The highest BCUT2D eigenvalue weighted by Crippen LogP contribution is 2.30. The molecular formula is C10H10N2O3. The van der Waals surface area contributed by atoms with Crippen molar-refractivity contribution in [1.29, 1.82) is 0 Å². The van der Waals surface area contributed by atoms with Gasteiger partial charge in [0.1, 0.15) is 11.6 Å². The Morgan fingerprint density at radius 1 is 1.47 bits per heavy atom. The predicted molar refractivity (Wildman–Crippen MR) is 50.4 cm³/mol. The molecule has 0 aromatic carbocycles. The van der Waals surface area contributed by atoms with Gasteiger partial charge in [-0.25, -0.2) is 14.8 Å². The average Bonchev–Trinajstić information content (AvgIpc) is 3.01. The summed E-state index contributed by atoms with van der Waals surface area (Å²) in [6.07, 6.45) is 3.40. The monoisotopic (exact) mass is 206 g/mol. The van der Waals surface area contributed by atoms with Gasteiger partial charge in [-0.3, -0.25) is 4.79 Å². The van der Waals surface area contributed by atoms with Crippen molar-refractivity contribution < 1.29 is 14.7 Å². The Bertz CT molecular complexity index is 413. The molecule has 0 spiro atoms. The zero-order valence-electron chi connectivity index (χ0n) is 8.01. The fourth-order valence-electron chi connectivity index (χ4n) is 1.31. The highest BCUT2D eigenvalue weighted by molar-refractivity contribution is 5.86. The second kappa shape index (κ2) is 3.76. The second-order valence-electron chi connectivity index (χ2n) is 3.58. The van der Waals surface area contributed by atoms with Crippen LogP contribution in [0.5, 0.6) is 0 Å². The lowest BCUT2D eigenvalue weighted by Crippen LogP contribution is -2.10. The highest BCUT2D eigenvalue weighted by atomic mass is 16.4. The van der Waals surface area contributed by atoms with E-state index in [4.69, 9.17) is 5.11 Å². The fourth-order valence-corrected chi connectivity index (χ4v) is 1.31. The summed E-state index contributed by atoms with van der Waals surface area (Å²) < 4.78 is 0. The van der Waals surface area contributed by atoms with E-state index in [9.17, 15) is 9.59 Å². The van der Waals surface area contributed by atoms with Crippen molar-refractivity contribution in [2.24, 2.45) is 5.92 Å². The van der Waals surface area contributed by atoms with Crippen LogP contribution in [0.3, 0.4) is 0 Å². The number of rotatable bonds is 4. The van der Waals surface area contributed by atoms with Crippen LogP contribution in [0.25, 0.3) is 0 Å². The van der Waals surface area contributed by atoms with Gasteiger partial charge in [0.05, 0.1) is 6.42 Å². The lowest BCUT2D eigenvalue weighted by atomic mass is 10.2. The molecule has 15 heavy (non-hydrogen) atoms. The van der Waals surface area contributed by atoms with Crippen LogP contribution in [0.1, 0.15) is 29.2 Å². The van der Waals surface area contributed by atoms with Gasteiger partial charge in [0.25, 0.3) is 0 Å². The van der Waals surface area contributed by atoms with Crippen molar-refractivity contribution >= 4 is 11.8 Å². The second-order valence-corrected chi connectivity index (χ2v) is 3.58. The molecule has 1 saturated carbocycles. The third-order valence-electron chi connectivity index (χ3n) is 2.29. The predicted octanol–water partition coefficient (Wildman–Crippen LogP) is 0.696. The Hall–Kier alpha value is -1.78. The van der Waals surface area contributed by atoms with Crippen LogP contribution >= 0.6 is 0 Å². The van der Waals surface area contributed by atoms with Gasteiger partial charge in [-0.2, -0.15) is 0 Å². The minimum Gasteiger partial charge on any atom is -0.477 e. The van der Waals surface area contributed by atoms with Gasteiger partial charge in [0.15, 0.2) is 5.69 Å². The maximum atomic E-state index is 11.4. The van der Waals surface area contributed by atoms with Crippen LogP contribution in [0, 0.1) is 5.92 Å². The zero-order chi connectivity index (χ0) is 10.8. The first-order valence-corrected chi connectivity index (χ1v) is 4.75. The number of nitrogens with zero attached hydrogens (tertiary/aromatic N) is 2. The molecule has 5 nitrogen and oxygen atoms in total. The van der Waals surface area contributed by atoms with Gasteiger partial charge in [-0.1, -0.05) is 0 Å². The van der Waals surface area contributed by atoms with Crippen molar-refractivity contribution in [2.45, 2.75) is 19.3 Å². The number of aromatic carboxylic acids is 1. The SMILES string of the molecule is O=C(O)c1ccnc(CC(=O)C2CC2)n1. The Morgan fingerprint density at radius 2 is 2.20 bits per heavy atom. The molecule has 0 radical (unpaired) electrons. The fraction of sp³-hybridized carbons (Fsp3) is 0.400. The summed E-state index contributed by atoms with van der Waals surface area (Å²) in [7, 11) is 0. The number of hydrogen-bond donors (Lipinski definition) is 1. The summed E-state index contributed by atoms with van der Waals surface area (Å²) in [5.74, 6) is -0.538. The Morgan fingerprint density at radius 3 is 2.80 bits per heavy atom. The topological polar surface area (TPSA) is 80.1 Å². The molecule has 0 amide bonds. The molecule has 0 saturated heterocycles. The van der Waals surface area contributed by atoms with Crippen LogP contribution in [-0.2, 0) is 11.2 Å². The first kappa shape index (κ1) is 9.76. The molecule has 1 aromatic rings. The number of carbonyl (C=O) groups excluding carboxylic acids is 1. The van der Waals surface area contributed by atoms with Gasteiger partial charge < -0.3 is 5.11 Å². The molecule has 1 aliphatic rings. The van der Waals surface area contributed by atoms with Gasteiger partial charge in [0, 0.05) is 12.1 Å². The third-order valence-corrected chi connectivity index (χ3v) is 2.29. The van der Waals surface area contributed by atoms with Gasteiger partial charge in [0.2, 0.25) is 0 Å². The molecule has 1 heterocycles. The Balaban J connectivity index is 2.10. The van der Waals surface area contributed by atoms with Gasteiger partial charge >= 0.3 is 5.97 Å². The van der Waals surface area contributed by atoms with E-state index in [1.807, 2.05) is 0 Å². The quantitative estimate of drug-likeness (QED) is 0.784. The van der Waals surface area contributed by atoms with E-state index in [2.05, 4.69) is 9.97 Å². The van der Waals surface area contributed by atoms with E-state index >= 15 is 0 Å². The number of hydrogen-bond acceptors (Lipinski definition) is 4. The molecule has 1 aromatic heterocycles. The molecule has 0 atom stereocenters. The summed E-state index contributed by atoms with van der Waals surface area (Å²) in [5.41, 5.74) is -0.0661. The summed E-state index contributed by atoms with van der Waals surface area (Å²) >= 11 is 0. The number of carbonyl (C=O) groups is 2. The molecule has 1 N–H and O–H groups in total. The smallest absolute Gasteiger partial charge is 0.354 e. The van der Waals surface area contributed by atoms with Crippen molar-refractivity contribution in [1.82, 2.24) is 9.97 Å². The summed E-state index contributed by atoms with van der Waals surface area (Å²) in [6, 6.07) is 1.31. The Labute approximate surface area is 86.2 Å². The van der Waals surface area contributed by atoms with E-state index in [0.29, 0.717) is 5.82 Å². The number of Topliss-reactive ketones (excluding diaryl/α,β-unsaturated/α-hetero) is 1. The van der Waals surface area contributed by atoms with Crippen LogP contribution in [-0.4, -0.2) is 26.8 Å². The summed E-state index contributed by atoms with van der Waals surface area (Å²) in [6.45, 7) is 0. The van der Waals surface area contributed by atoms with E-state index < -0.39 is 5.97 Å². The maximum Gasteiger partial charge on any atom is 0.354 e. The highest BCUT2D eigenvalue weighted by Gasteiger charge is 2.29. The van der Waals surface area contributed by atoms with E-state index in [0.717, 1.165) is 12.8 Å². The summed E-state index contributed by atoms with van der Waals surface area (Å²) in [5, 5.41) is 8.69. The van der Waals surface area contributed by atoms with Crippen LogP contribution in [0.2, 0.25) is 0 Å². The minimum atomic E-state index is -1.10. The molecule has 0 unspecified atom stereocenters. The third kappa shape index (κ3) is 2.37. The number of carboxylic acid groups (broad SMARTS) is 1. The zero-order valence-corrected chi connectivity index (χ0v) is 8.01. The van der Waals surface area contributed by atoms with Crippen LogP contribution in [0.4, 0.5) is 0 Å². The van der Waals surface area contributed by atoms with E-state index in [1.165, 1.54) is 12.3 Å². The maximum absolute atomic E-state index is 11.4. The molecule has 78 valence electrons. The normalized spacial score (nSPS) is 14.9. The first-order valence-electron chi connectivity index (χ1n) is 4.75. The largest absolute Gasteiger partial charge is 0.477 e. The number of ketones is 1. The molecule has 1 fully saturated rings. The molecule has 1 aliphatic carbocycles. The molecule has 0 bridgehead atoms. The molecule has 5 heteroatoms. The molecule has 0 aliphatic heterocycles. The van der Waals surface area contributed by atoms with Crippen molar-refractivity contribution in [3.63, 3.8) is 0 Å². The lowest BCUT2D eigenvalue weighted by molar-refractivity contribution is -0.119. The van der Waals surface area contributed by atoms with Crippen molar-refractivity contribution in [3.8, 4) is 0 Å². The van der Waals surface area contributed by atoms with E-state index in [1.54, 1.807) is 0 Å². The standard InChI is InChI=1S/C10H10N2O3/c13-8(6-1-2-6)5-9-11-4-3-7(12-9)10(14)15/h3-4,6H,1-2,5H2,(H,14,15). The van der Waals surface area contributed by atoms with Gasteiger partial charge in [-0.05, 0) is 18.9 Å². The van der Waals surface area contributed by atoms with Gasteiger partial charge in [-0.15, -0.1) is 0 Å². The molecular weight excluding hydrogens is 196 g/mol. The van der Waals surface area contributed by atoms with Crippen molar-refractivity contribution in [3.05, 3.63) is 23.8 Å². The molecule has 2 rings (SSSR count). The Kier molecular flexibility index (Phi) is 2.45. The summed E-state index contributed by atoms with van der Waals surface area (Å²) in [4.78, 5) is 29.7. The minimum absolute atomic E-state index is 0.0661. The number of aromatic nitrogens is 2. The lowest BCUT2D eigenvalue weighted by Gasteiger charge is -1.99. The van der Waals surface area contributed by atoms with E-state index in [-0.39, 0.29) is 23.8 Å². The van der Waals surface area contributed by atoms with Crippen LogP contribution < -0.4 is 0 Å². The average molecular weight is 206 g/mol. The van der Waals surface area contributed by atoms with Crippen molar-refractivity contribution in [2.75, 3.05) is 0 Å². The number of carboxylic acids is 1. The first-order chi connectivity index (χ1) is 7.16. The van der Waals surface area contributed by atoms with Crippen LogP contribution in [0.15, 0.2) is 12.3 Å².